The van der Waals surface area contributed by atoms with Crippen LogP contribution in [0.2, 0.25) is 5.02 Å². The maximum atomic E-state index is 12.2. The van der Waals surface area contributed by atoms with Gasteiger partial charge >= 0.3 is 0 Å². The van der Waals surface area contributed by atoms with Gasteiger partial charge in [-0.1, -0.05) is 11.6 Å². The smallest absolute Gasteiger partial charge is 0.267 e. The molecular weight excluding hydrogens is 344 g/mol. The average Bonchev–Trinajstić information content (AvgIpc) is 3.21. The Morgan fingerprint density at radius 3 is 2.75 bits per heavy atom. The summed E-state index contributed by atoms with van der Waals surface area (Å²) in [6.45, 7) is 0. The molecule has 2 N–H and O–H groups in total. The Labute approximate surface area is 146 Å². The van der Waals surface area contributed by atoms with Crippen LogP contribution in [0.5, 0.6) is 0 Å². The van der Waals surface area contributed by atoms with Crippen molar-refractivity contribution in [3.05, 3.63) is 64.1 Å². The van der Waals surface area contributed by atoms with Crippen LogP contribution in [-0.4, -0.2) is 20.9 Å². The molecule has 0 saturated carbocycles. The van der Waals surface area contributed by atoms with Crippen LogP contribution in [0.15, 0.2) is 54.2 Å². The lowest BCUT2D eigenvalue weighted by atomic mass is 10.2. The van der Waals surface area contributed by atoms with E-state index in [0.717, 1.165) is 22.4 Å². The van der Waals surface area contributed by atoms with E-state index in [-0.39, 0.29) is 5.91 Å². The molecule has 0 spiro atoms. The number of thiophene rings is 1. The van der Waals surface area contributed by atoms with Crippen LogP contribution in [0.25, 0.3) is 22.4 Å². The first-order valence-corrected chi connectivity index (χ1v) is 8.41. The van der Waals surface area contributed by atoms with Crippen molar-refractivity contribution in [2.75, 3.05) is 5.32 Å². The summed E-state index contributed by atoms with van der Waals surface area (Å²) >= 11 is 7.31. The summed E-state index contributed by atoms with van der Waals surface area (Å²) in [4.78, 5) is 24.6. The molecule has 0 aliphatic carbocycles. The molecule has 0 aliphatic rings. The van der Waals surface area contributed by atoms with E-state index in [4.69, 9.17) is 11.6 Å². The summed E-state index contributed by atoms with van der Waals surface area (Å²) in [7, 11) is 0. The van der Waals surface area contributed by atoms with E-state index in [1.54, 1.807) is 23.8 Å². The lowest BCUT2D eigenvalue weighted by Crippen LogP contribution is -2.10. The Morgan fingerprint density at radius 2 is 2.00 bits per heavy atom. The van der Waals surface area contributed by atoms with E-state index in [1.165, 1.54) is 11.3 Å². The molecule has 0 aliphatic heterocycles. The van der Waals surface area contributed by atoms with Gasteiger partial charge in [-0.15, -0.1) is 11.3 Å². The van der Waals surface area contributed by atoms with Crippen LogP contribution in [0, 0.1) is 0 Å². The van der Waals surface area contributed by atoms with Gasteiger partial charge in [0.15, 0.2) is 0 Å². The highest BCUT2D eigenvalue weighted by molar-refractivity contribution is 7.12. The number of fused-ring (bicyclic) bond motifs is 1. The first kappa shape index (κ1) is 14.9. The number of halogens is 1. The van der Waals surface area contributed by atoms with Gasteiger partial charge in [0.1, 0.15) is 10.7 Å². The topological polar surface area (TPSA) is 70.7 Å². The van der Waals surface area contributed by atoms with Gasteiger partial charge in [-0.2, -0.15) is 0 Å². The zero-order valence-corrected chi connectivity index (χ0v) is 13.9. The number of carbonyl (C=O) groups excluding carboxylic acids is 1. The molecule has 1 amide bonds. The predicted molar refractivity (Wildman–Crippen MR) is 96.6 cm³/mol. The third-order valence-electron chi connectivity index (χ3n) is 3.52. The molecule has 0 unspecified atom stereocenters. The largest absolute Gasteiger partial charge is 0.338 e. The Hall–Kier alpha value is -2.70. The van der Waals surface area contributed by atoms with Gasteiger partial charge in [0, 0.05) is 23.6 Å². The molecule has 0 radical (unpaired) electrons. The number of hydrogen-bond donors (Lipinski definition) is 2. The number of amides is 1. The molecule has 0 fully saturated rings. The molecule has 3 aromatic heterocycles. The van der Waals surface area contributed by atoms with Gasteiger partial charge in [-0.3, -0.25) is 9.78 Å². The van der Waals surface area contributed by atoms with E-state index in [9.17, 15) is 4.79 Å². The first-order chi connectivity index (χ1) is 11.7. The summed E-state index contributed by atoms with van der Waals surface area (Å²) in [5.74, 6) is 0.542. The maximum absolute atomic E-state index is 12.2. The number of H-pyrrole nitrogens is 1. The monoisotopic (exact) mass is 354 g/mol. The molecule has 5 nitrogen and oxygen atoms in total. The number of carbonyl (C=O) groups is 1. The van der Waals surface area contributed by atoms with Crippen LogP contribution in [-0.2, 0) is 0 Å². The lowest BCUT2D eigenvalue weighted by molar-refractivity contribution is 0.103. The molecule has 4 aromatic rings. The van der Waals surface area contributed by atoms with E-state index >= 15 is 0 Å². The Morgan fingerprint density at radius 1 is 1.17 bits per heavy atom. The Kier molecular flexibility index (Phi) is 3.76. The van der Waals surface area contributed by atoms with Crippen molar-refractivity contribution in [1.82, 2.24) is 15.0 Å². The van der Waals surface area contributed by atoms with Gasteiger partial charge in [-0.05, 0) is 41.8 Å². The third-order valence-corrected chi connectivity index (χ3v) is 4.86. The van der Waals surface area contributed by atoms with E-state index in [2.05, 4.69) is 20.3 Å². The highest BCUT2D eigenvalue weighted by Crippen LogP contribution is 2.25. The van der Waals surface area contributed by atoms with E-state index in [0.29, 0.717) is 15.6 Å². The van der Waals surface area contributed by atoms with Gasteiger partial charge in [0.25, 0.3) is 5.91 Å². The number of pyridine rings is 1. The fraction of sp³-hybridized carbons (Fsp3) is 0. The zero-order chi connectivity index (χ0) is 16.5. The number of imidazole rings is 1. The molecular formula is C17H11ClN4OS. The second-order valence-corrected chi connectivity index (χ2v) is 6.43. The molecule has 4 rings (SSSR count). The van der Waals surface area contributed by atoms with Crippen LogP contribution < -0.4 is 5.32 Å². The summed E-state index contributed by atoms with van der Waals surface area (Å²) in [5.41, 5.74) is 3.31. The van der Waals surface area contributed by atoms with Gasteiger partial charge in [0.2, 0.25) is 0 Å². The molecule has 0 saturated heterocycles. The molecule has 7 heteroatoms. The van der Waals surface area contributed by atoms with Gasteiger partial charge in [0.05, 0.1) is 16.1 Å². The van der Waals surface area contributed by atoms with E-state index in [1.807, 2.05) is 30.3 Å². The second kappa shape index (κ2) is 6.07. The summed E-state index contributed by atoms with van der Waals surface area (Å²) in [6.07, 6.45) is 3.44. The fourth-order valence-electron chi connectivity index (χ4n) is 2.38. The minimum absolute atomic E-state index is 0.219. The van der Waals surface area contributed by atoms with Crippen molar-refractivity contribution >= 4 is 45.6 Å². The molecule has 24 heavy (non-hydrogen) atoms. The lowest BCUT2D eigenvalue weighted by Gasteiger charge is -2.03. The van der Waals surface area contributed by atoms with E-state index < -0.39 is 0 Å². The number of rotatable bonds is 3. The summed E-state index contributed by atoms with van der Waals surface area (Å²) in [6, 6.07) is 11.0. The number of benzene rings is 1. The predicted octanol–water partition coefficient (Wildman–Crippen LogP) is 4.59. The summed E-state index contributed by atoms with van der Waals surface area (Å²) < 4.78 is 0. The van der Waals surface area contributed by atoms with Gasteiger partial charge < -0.3 is 10.3 Å². The van der Waals surface area contributed by atoms with Crippen LogP contribution in [0.3, 0.4) is 0 Å². The number of hydrogen-bond acceptors (Lipinski definition) is 4. The Bertz CT molecular complexity index is 1030. The van der Waals surface area contributed by atoms with Crippen molar-refractivity contribution in [1.29, 1.82) is 0 Å². The standard InChI is InChI=1S/C17H11ClN4OS/c18-12-5-8-24-15(12)17(23)20-11-1-2-13-14(9-11)22-16(21-13)10-3-6-19-7-4-10/h1-9H,(H,20,23)(H,21,22). The minimum Gasteiger partial charge on any atom is -0.338 e. The van der Waals surface area contributed by atoms with Gasteiger partial charge in [-0.25, -0.2) is 4.98 Å². The van der Waals surface area contributed by atoms with Crippen molar-refractivity contribution in [3.63, 3.8) is 0 Å². The number of aromatic amines is 1. The molecule has 0 bridgehead atoms. The van der Waals surface area contributed by atoms with Crippen molar-refractivity contribution in [2.24, 2.45) is 0 Å². The SMILES string of the molecule is O=C(Nc1ccc2nc(-c3ccncc3)[nH]c2c1)c1sccc1Cl. The summed E-state index contributed by atoms with van der Waals surface area (Å²) in [5, 5.41) is 5.10. The highest BCUT2D eigenvalue weighted by atomic mass is 35.5. The third kappa shape index (κ3) is 2.77. The average molecular weight is 355 g/mol. The van der Waals surface area contributed by atoms with Crippen molar-refractivity contribution in [3.8, 4) is 11.4 Å². The number of aromatic nitrogens is 3. The minimum atomic E-state index is -0.219. The Balaban J connectivity index is 1.64. The first-order valence-electron chi connectivity index (χ1n) is 7.15. The zero-order valence-electron chi connectivity index (χ0n) is 12.3. The number of anilines is 1. The fourth-order valence-corrected chi connectivity index (χ4v) is 3.41. The molecule has 118 valence electrons. The number of nitrogens with one attached hydrogen (secondary N) is 2. The van der Waals surface area contributed by atoms with Crippen LogP contribution in [0.1, 0.15) is 9.67 Å². The van der Waals surface area contributed by atoms with Crippen LogP contribution >= 0.6 is 22.9 Å². The molecule has 1 aromatic carbocycles. The molecule has 3 heterocycles. The highest BCUT2D eigenvalue weighted by Gasteiger charge is 2.13. The quantitative estimate of drug-likeness (QED) is 0.565. The normalized spacial score (nSPS) is 10.9. The van der Waals surface area contributed by atoms with Crippen LogP contribution in [0.4, 0.5) is 5.69 Å². The molecule has 0 atom stereocenters. The van der Waals surface area contributed by atoms with Crippen molar-refractivity contribution in [2.45, 2.75) is 0 Å². The number of nitrogens with zero attached hydrogens (tertiary/aromatic N) is 2. The second-order valence-electron chi connectivity index (χ2n) is 5.11. The van der Waals surface area contributed by atoms with Crippen molar-refractivity contribution < 1.29 is 4.79 Å². The maximum Gasteiger partial charge on any atom is 0.267 e.